The average molecular weight is 330 g/mol. The smallest absolute Gasteiger partial charge is 0.241 e. The number of carbonyl (C=O) groups excluding carboxylic acids is 1. The van der Waals surface area contributed by atoms with Crippen LogP contribution in [0.2, 0.25) is 0 Å². The van der Waals surface area contributed by atoms with E-state index >= 15 is 0 Å². The summed E-state index contributed by atoms with van der Waals surface area (Å²) in [6, 6.07) is 7.30. The Balaban J connectivity index is 1.69. The second-order valence-electron chi connectivity index (χ2n) is 5.85. The van der Waals surface area contributed by atoms with Crippen molar-refractivity contribution in [2.24, 2.45) is 5.73 Å². The Hall–Kier alpha value is -2.41. The molecular formula is C17H22N4O3. The van der Waals surface area contributed by atoms with E-state index < -0.39 is 0 Å². The molecule has 2 N–H and O–H groups in total. The maximum atomic E-state index is 11.6. The van der Waals surface area contributed by atoms with E-state index in [2.05, 4.69) is 10.1 Å². The summed E-state index contributed by atoms with van der Waals surface area (Å²) in [5.74, 6) is 1.54. The zero-order valence-electron chi connectivity index (χ0n) is 13.8. The van der Waals surface area contributed by atoms with Gasteiger partial charge in [0.15, 0.2) is 0 Å². The van der Waals surface area contributed by atoms with Crippen LogP contribution in [0.25, 0.3) is 11.4 Å². The summed E-state index contributed by atoms with van der Waals surface area (Å²) < 4.78 is 10.8. The predicted molar refractivity (Wildman–Crippen MR) is 88.1 cm³/mol. The lowest BCUT2D eigenvalue weighted by atomic mass is 10.0. The number of hydrogen-bond donors (Lipinski definition) is 1. The number of aromatic nitrogens is 2. The third-order valence-electron chi connectivity index (χ3n) is 4.17. The van der Waals surface area contributed by atoms with Crippen LogP contribution < -0.4 is 10.5 Å². The summed E-state index contributed by atoms with van der Waals surface area (Å²) >= 11 is 0. The zero-order chi connectivity index (χ0) is 16.9. The molecule has 1 atom stereocenters. The molecule has 0 aliphatic carbocycles. The molecule has 7 nitrogen and oxygen atoms in total. The highest BCUT2D eigenvalue weighted by Crippen LogP contribution is 2.22. The molecule has 1 aliphatic rings. The fourth-order valence-electron chi connectivity index (χ4n) is 2.98. The minimum absolute atomic E-state index is 0.250. The van der Waals surface area contributed by atoms with Crippen LogP contribution in [0.15, 0.2) is 28.8 Å². The summed E-state index contributed by atoms with van der Waals surface area (Å²) in [5.41, 5.74) is 6.35. The number of primary amides is 1. The first-order chi connectivity index (χ1) is 11.7. The molecule has 0 spiro atoms. The van der Waals surface area contributed by atoms with Crippen LogP contribution in [0.5, 0.6) is 5.75 Å². The first kappa shape index (κ1) is 16.4. The first-order valence-electron chi connectivity index (χ1n) is 8.26. The molecule has 1 aromatic carbocycles. The third kappa shape index (κ3) is 3.73. The van der Waals surface area contributed by atoms with Crippen LogP contribution >= 0.6 is 0 Å². The highest BCUT2D eigenvalue weighted by atomic mass is 16.5. The van der Waals surface area contributed by atoms with Gasteiger partial charge in [0.2, 0.25) is 17.6 Å². The molecular weight excluding hydrogens is 308 g/mol. The van der Waals surface area contributed by atoms with Crippen molar-refractivity contribution >= 4 is 5.91 Å². The third-order valence-corrected chi connectivity index (χ3v) is 4.17. The predicted octanol–water partition coefficient (Wildman–Crippen LogP) is 1.98. The molecule has 0 saturated carbocycles. The van der Waals surface area contributed by atoms with Crippen LogP contribution in [0.3, 0.4) is 0 Å². The van der Waals surface area contributed by atoms with Gasteiger partial charge in [-0.05, 0) is 50.6 Å². The summed E-state index contributed by atoms with van der Waals surface area (Å²) in [4.78, 5) is 18.0. The van der Waals surface area contributed by atoms with Crippen molar-refractivity contribution in [3.63, 3.8) is 0 Å². The lowest BCUT2D eigenvalue weighted by molar-refractivity contribution is -0.124. The number of rotatable bonds is 6. The molecule has 128 valence electrons. The molecule has 2 aromatic rings. The van der Waals surface area contributed by atoms with Gasteiger partial charge in [-0.25, -0.2) is 0 Å². The van der Waals surface area contributed by atoms with Crippen molar-refractivity contribution in [3.8, 4) is 17.1 Å². The van der Waals surface area contributed by atoms with Crippen molar-refractivity contribution in [2.75, 3.05) is 13.2 Å². The fraction of sp³-hybridized carbons (Fsp3) is 0.471. The van der Waals surface area contributed by atoms with Crippen molar-refractivity contribution in [1.82, 2.24) is 15.0 Å². The van der Waals surface area contributed by atoms with Gasteiger partial charge in [0.25, 0.3) is 0 Å². The Kier molecular flexibility index (Phi) is 5.10. The molecule has 1 fully saturated rings. The topological polar surface area (TPSA) is 94.5 Å². The number of carbonyl (C=O) groups is 1. The number of piperidine rings is 1. The van der Waals surface area contributed by atoms with E-state index in [1.165, 1.54) is 0 Å². The maximum Gasteiger partial charge on any atom is 0.241 e. The lowest BCUT2D eigenvalue weighted by Crippen LogP contribution is -2.47. The van der Waals surface area contributed by atoms with E-state index in [1.807, 2.05) is 36.1 Å². The lowest BCUT2D eigenvalue weighted by Gasteiger charge is -2.32. The molecule has 1 saturated heterocycles. The second-order valence-corrected chi connectivity index (χ2v) is 5.85. The Morgan fingerprint density at radius 1 is 1.38 bits per heavy atom. The van der Waals surface area contributed by atoms with Crippen molar-refractivity contribution in [1.29, 1.82) is 0 Å². The quantitative estimate of drug-likeness (QED) is 0.870. The standard InChI is InChI=1S/C17H22N4O3/c1-2-23-13-8-6-12(7-9-13)17-19-15(24-20-17)11-21-10-4-3-5-14(21)16(18)22/h6-9,14H,2-5,10-11H2,1H3,(H2,18,22)/t14-/m0/s1. The SMILES string of the molecule is CCOc1ccc(-c2noc(CN3CCCC[C@H]3C(N)=O)n2)cc1. The Bertz CT molecular complexity index is 683. The van der Waals surface area contributed by atoms with Crippen LogP contribution in [-0.4, -0.2) is 40.1 Å². The van der Waals surface area contributed by atoms with Gasteiger partial charge in [-0.3, -0.25) is 9.69 Å². The molecule has 3 rings (SSSR count). The molecule has 1 amide bonds. The molecule has 0 bridgehead atoms. The van der Waals surface area contributed by atoms with E-state index in [-0.39, 0.29) is 11.9 Å². The van der Waals surface area contributed by atoms with Gasteiger partial charge in [0.1, 0.15) is 5.75 Å². The van der Waals surface area contributed by atoms with Gasteiger partial charge >= 0.3 is 0 Å². The summed E-state index contributed by atoms with van der Waals surface area (Å²) in [7, 11) is 0. The van der Waals surface area contributed by atoms with Gasteiger partial charge < -0.3 is 15.0 Å². The van der Waals surface area contributed by atoms with E-state index in [9.17, 15) is 4.79 Å². The zero-order valence-corrected chi connectivity index (χ0v) is 13.8. The van der Waals surface area contributed by atoms with Gasteiger partial charge in [0, 0.05) is 5.56 Å². The molecule has 1 aromatic heterocycles. The average Bonchev–Trinajstić information content (AvgIpc) is 3.05. The number of nitrogens with zero attached hydrogens (tertiary/aromatic N) is 3. The number of nitrogens with two attached hydrogens (primary N) is 1. The summed E-state index contributed by atoms with van der Waals surface area (Å²) in [5, 5.41) is 4.03. The highest BCUT2D eigenvalue weighted by Gasteiger charge is 2.28. The normalized spacial score (nSPS) is 18.5. The first-order valence-corrected chi connectivity index (χ1v) is 8.26. The maximum absolute atomic E-state index is 11.6. The minimum Gasteiger partial charge on any atom is -0.494 e. The Labute approximate surface area is 140 Å². The van der Waals surface area contributed by atoms with Crippen LogP contribution in [-0.2, 0) is 11.3 Å². The van der Waals surface area contributed by atoms with Crippen LogP contribution in [0.4, 0.5) is 0 Å². The molecule has 0 radical (unpaired) electrons. The molecule has 2 heterocycles. The number of likely N-dealkylation sites (tertiary alicyclic amines) is 1. The Morgan fingerprint density at radius 3 is 2.88 bits per heavy atom. The van der Waals surface area contributed by atoms with Crippen LogP contribution in [0, 0.1) is 0 Å². The van der Waals surface area contributed by atoms with Crippen LogP contribution in [0.1, 0.15) is 32.1 Å². The number of benzene rings is 1. The second kappa shape index (κ2) is 7.44. The summed E-state index contributed by atoms with van der Waals surface area (Å²) in [6.45, 7) is 3.83. The van der Waals surface area contributed by atoms with E-state index in [4.69, 9.17) is 15.0 Å². The minimum atomic E-state index is -0.291. The van der Waals surface area contributed by atoms with E-state index in [1.54, 1.807) is 0 Å². The summed E-state index contributed by atoms with van der Waals surface area (Å²) in [6.07, 6.45) is 2.85. The van der Waals surface area contributed by atoms with Gasteiger partial charge in [-0.1, -0.05) is 11.6 Å². The number of hydrogen-bond acceptors (Lipinski definition) is 6. The largest absolute Gasteiger partial charge is 0.494 e. The number of ether oxygens (including phenoxy) is 1. The Morgan fingerprint density at radius 2 is 2.17 bits per heavy atom. The highest BCUT2D eigenvalue weighted by molar-refractivity contribution is 5.79. The van der Waals surface area contributed by atoms with Crippen molar-refractivity contribution in [3.05, 3.63) is 30.2 Å². The molecule has 1 aliphatic heterocycles. The van der Waals surface area contributed by atoms with Crippen molar-refractivity contribution in [2.45, 2.75) is 38.8 Å². The monoisotopic (exact) mass is 330 g/mol. The fourth-order valence-corrected chi connectivity index (χ4v) is 2.98. The van der Waals surface area contributed by atoms with E-state index in [0.717, 1.165) is 37.1 Å². The van der Waals surface area contributed by atoms with E-state index in [0.29, 0.717) is 24.9 Å². The van der Waals surface area contributed by atoms with Gasteiger partial charge in [-0.15, -0.1) is 0 Å². The van der Waals surface area contributed by atoms with Gasteiger partial charge in [-0.2, -0.15) is 4.98 Å². The molecule has 24 heavy (non-hydrogen) atoms. The number of amides is 1. The van der Waals surface area contributed by atoms with Crippen molar-refractivity contribution < 1.29 is 14.1 Å². The van der Waals surface area contributed by atoms with Gasteiger partial charge in [0.05, 0.1) is 19.2 Å². The molecule has 0 unspecified atom stereocenters. The molecule has 7 heteroatoms.